The Morgan fingerprint density at radius 2 is 1.90 bits per heavy atom. The van der Waals surface area contributed by atoms with Crippen molar-refractivity contribution in [2.45, 2.75) is 25.7 Å². The van der Waals surface area contributed by atoms with Crippen LogP contribution in [0.25, 0.3) is 16.6 Å². The first-order chi connectivity index (χ1) is 14.0. The molecule has 1 aliphatic rings. The Balaban J connectivity index is 1.57. The highest BCUT2D eigenvalue weighted by Gasteiger charge is 2.24. The van der Waals surface area contributed by atoms with E-state index < -0.39 is 0 Å². The van der Waals surface area contributed by atoms with Crippen molar-refractivity contribution in [1.29, 1.82) is 0 Å². The molecule has 1 amide bonds. The van der Waals surface area contributed by atoms with E-state index in [0.717, 1.165) is 43.7 Å². The van der Waals surface area contributed by atoms with Crippen LogP contribution in [0.2, 0.25) is 5.02 Å². The lowest BCUT2D eigenvalue weighted by molar-refractivity contribution is -0.119. The van der Waals surface area contributed by atoms with Crippen LogP contribution in [0.5, 0.6) is 0 Å². The molecule has 0 saturated carbocycles. The Morgan fingerprint density at radius 3 is 2.59 bits per heavy atom. The lowest BCUT2D eigenvalue weighted by Crippen LogP contribution is -2.38. The third-order valence-electron chi connectivity index (χ3n) is 5.73. The normalized spacial score (nSPS) is 15.7. The second-order valence-electron chi connectivity index (χ2n) is 7.69. The number of likely N-dealkylation sites (tertiary alicyclic amines) is 1. The maximum absolute atomic E-state index is 13.4. The average Bonchev–Trinajstić information content (AvgIpc) is 3.07. The molecule has 0 spiro atoms. The maximum atomic E-state index is 13.4. The minimum Gasteiger partial charge on any atom is -0.355 e. The molecule has 2 aromatic carbocycles. The predicted octanol–water partition coefficient (Wildman–Crippen LogP) is 4.74. The Labute approximate surface area is 175 Å². The summed E-state index contributed by atoms with van der Waals surface area (Å²) in [5.41, 5.74) is 3.30. The van der Waals surface area contributed by atoms with Gasteiger partial charge in [-0.2, -0.15) is 0 Å². The van der Waals surface area contributed by atoms with Crippen LogP contribution in [0, 0.1) is 5.82 Å². The zero-order chi connectivity index (χ0) is 20.4. The molecular formula is C23H25ClFN3O. The number of hydrogen-bond donors (Lipinski definition) is 1. The van der Waals surface area contributed by atoms with Crippen molar-refractivity contribution >= 4 is 28.4 Å². The van der Waals surface area contributed by atoms with E-state index in [0.29, 0.717) is 17.5 Å². The average molecular weight is 414 g/mol. The highest BCUT2D eigenvalue weighted by molar-refractivity contribution is 6.31. The summed E-state index contributed by atoms with van der Waals surface area (Å²) < 4.78 is 15.5. The summed E-state index contributed by atoms with van der Waals surface area (Å²) in [4.78, 5) is 13.5. The Kier molecular flexibility index (Phi) is 5.88. The van der Waals surface area contributed by atoms with Gasteiger partial charge in [-0.1, -0.05) is 17.7 Å². The van der Waals surface area contributed by atoms with Crippen LogP contribution in [0.3, 0.4) is 0 Å². The fraction of sp³-hybridized carbons (Fsp3) is 0.348. The predicted molar refractivity (Wildman–Crippen MR) is 115 cm³/mol. The van der Waals surface area contributed by atoms with Crippen molar-refractivity contribution in [1.82, 2.24) is 14.8 Å². The van der Waals surface area contributed by atoms with Crippen LogP contribution in [0.15, 0.2) is 48.7 Å². The second kappa shape index (κ2) is 8.56. The molecule has 4 nitrogen and oxygen atoms in total. The Morgan fingerprint density at radius 1 is 1.17 bits per heavy atom. The first-order valence-electron chi connectivity index (χ1n) is 10.0. The number of benzene rings is 2. The van der Waals surface area contributed by atoms with E-state index in [1.54, 1.807) is 19.1 Å². The molecule has 0 radical (unpaired) electrons. The summed E-state index contributed by atoms with van der Waals surface area (Å²) in [5.74, 6) is 0.250. The maximum Gasteiger partial charge on any atom is 0.216 e. The lowest BCUT2D eigenvalue weighted by Gasteiger charge is -2.31. The monoisotopic (exact) mass is 413 g/mol. The molecule has 2 heterocycles. The number of hydrogen-bond acceptors (Lipinski definition) is 2. The van der Waals surface area contributed by atoms with Crippen LogP contribution in [0.1, 0.15) is 31.2 Å². The van der Waals surface area contributed by atoms with Crippen molar-refractivity contribution in [2.24, 2.45) is 0 Å². The van der Waals surface area contributed by atoms with Crippen molar-refractivity contribution in [3.63, 3.8) is 0 Å². The van der Waals surface area contributed by atoms with Crippen LogP contribution >= 0.6 is 11.6 Å². The van der Waals surface area contributed by atoms with E-state index in [4.69, 9.17) is 11.6 Å². The van der Waals surface area contributed by atoms with Gasteiger partial charge in [0, 0.05) is 42.3 Å². The summed E-state index contributed by atoms with van der Waals surface area (Å²) in [6.07, 6.45) is 4.34. The zero-order valence-corrected chi connectivity index (χ0v) is 17.3. The second-order valence-corrected chi connectivity index (χ2v) is 8.13. The van der Waals surface area contributed by atoms with E-state index in [9.17, 15) is 9.18 Å². The van der Waals surface area contributed by atoms with Crippen LogP contribution in [-0.4, -0.2) is 41.6 Å². The van der Waals surface area contributed by atoms with E-state index in [2.05, 4.69) is 27.0 Å². The molecule has 152 valence electrons. The minimum absolute atomic E-state index is 0.0205. The van der Waals surface area contributed by atoms with E-state index in [-0.39, 0.29) is 11.7 Å². The molecule has 3 aromatic rings. The molecule has 0 atom stereocenters. The number of fused-ring (bicyclic) bond motifs is 1. The van der Waals surface area contributed by atoms with Crippen molar-refractivity contribution in [2.75, 3.05) is 26.2 Å². The first kappa shape index (κ1) is 19.9. The quantitative estimate of drug-likeness (QED) is 0.656. The fourth-order valence-electron chi connectivity index (χ4n) is 4.22. The third-order valence-corrected chi connectivity index (χ3v) is 5.97. The highest BCUT2D eigenvalue weighted by Crippen LogP contribution is 2.36. The van der Waals surface area contributed by atoms with Gasteiger partial charge in [0.25, 0.3) is 0 Å². The number of nitrogens with one attached hydrogen (secondary N) is 1. The Bertz CT molecular complexity index is 1010. The van der Waals surface area contributed by atoms with Crippen LogP contribution in [0.4, 0.5) is 4.39 Å². The standard InChI is InChI=1S/C23H25ClFN3O/c1-16(29)26-10-13-27-11-8-17(9-12-27)22-15-28(20-5-3-19(25)4-6-20)23-14-18(24)2-7-21(22)23/h2-7,14-15,17H,8-13H2,1H3,(H,26,29). The zero-order valence-electron chi connectivity index (χ0n) is 16.5. The number of rotatable bonds is 5. The van der Waals surface area contributed by atoms with Gasteiger partial charge in [0.2, 0.25) is 5.91 Å². The summed E-state index contributed by atoms with van der Waals surface area (Å²) in [6, 6.07) is 12.6. The number of nitrogens with zero attached hydrogens (tertiary/aromatic N) is 2. The number of carbonyl (C=O) groups is 1. The number of aromatic nitrogens is 1. The lowest BCUT2D eigenvalue weighted by atomic mass is 9.89. The first-order valence-corrected chi connectivity index (χ1v) is 10.4. The summed E-state index contributed by atoms with van der Waals surface area (Å²) in [7, 11) is 0. The van der Waals surface area contributed by atoms with Crippen LogP contribution in [-0.2, 0) is 4.79 Å². The molecule has 6 heteroatoms. The molecule has 1 aromatic heterocycles. The molecule has 1 fully saturated rings. The number of piperidine rings is 1. The summed E-state index contributed by atoms with van der Waals surface area (Å²) in [5, 5.41) is 4.76. The van der Waals surface area contributed by atoms with Gasteiger partial charge in [-0.3, -0.25) is 4.79 Å². The van der Waals surface area contributed by atoms with Gasteiger partial charge >= 0.3 is 0 Å². The highest BCUT2D eigenvalue weighted by atomic mass is 35.5. The topological polar surface area (TPSA) is 37.3 Å². The molecule has 0 bridgehead atoms. The molecule has 1 N–H and O–H groups in total. The molecular weight excluding hydrogens is 389 g/mol. The van der Waals surface area contributed by atoms with Crippen molar-refractivity contribution in [3.05, 3.63) is 65.1 Å². The Hall–Kier alpha value is -2.37. The molecule has 29 heavy (non-hydrogen) atoms. The van der Waals surface area contributed by atoms with Gasteiger partial charge in [0.1, 0.15) is 5.82 Å². The van der Waals surface area contributed by atoms with Gasteiger partial charge in [-0.15, -0.1) is 0 Å². The smallest absolute Gasteiger partial charge is 0.216 e. The van der Waals surface area contributed by atoms with Gasteiger partial charge in [0.05, 0.1) is 5.52 Å². The van der Waals surface area contributed by atoms with Gasteiger partial charge in [-0.05, 0) is 73.8 Å². The largest absolute Gasteiger partial charge is 0.355 e. The number of carbonyl (C=O) groups excluding carboxylic acids is 1. The summed E-state index contributed by atoms with van der Waals surface area (Å²) >= 11 is 6.28. The summed E-state index contributed by atoms with van der Waals surface area (Å²) in [6.45, 7) is 5.17. The fourth-order valence-corrected chi connectivity index (χ4v) is 4.39. The van der Waals surface area contributed by atoms with Gasteiger partial charge in [0.15, 0.2) is 0 Å². The van der Waals surface area contributed by atoms with Crippen LogP contribution < -0.4 is 5.32 Å². The van der Waals surface area contributed by atoms with Crippen molar-refractivity contribution < 1.29 is 9.18 Å². The molecule has 1 aliphatic heterocycles. The van der Waals surface area contributed by atoms with E-state index >= 15 is 0 Å². The minimum atomic E-state index is -0.241. The van der Waals surface area contributed by atoms with E-state index in [1.807, 2.05) is 12.1 Å². The third kappa shape index (κ3) is 4.46. The van der Waals surface area contributed by atoms with Gasteiger partial charge in [-0.25, -0.2) is 4.39 Å². The van der Waals surface area contributed by atoms with Gasteiger partial charge < -0.3 is 14.8 Å². The molecule has 1 saturated heterocycles. The molecule has 0 aliphatic carbocycles. The molecule has 4 rings (SSSR count). The number of halogens is 2. The van der Waals surface area contributed by atoms with Crippen molar-refractivity contribution in [3.8, 4) is 5.69 Å². The number of amides is 1. The molecule has 0 unspecified atom stereocenters. The SMILES string of the molecule is CC(=O)NCCN1CCC(c2cn(-c3ccc(F)cc3)c3cc(Cl)ccc23)CC1. The van der Waals surface area contributed by atoms with E-state index in [1.165, 1.54) is 23.1 Å².